The van der Waals surface area contributed by atoms with Gasteiger partial charge >= 0.3 is 0 Å². The summed E-state index contributed by atoms with van der Waals surface area (Å²) in [6.45, 7) is 2.07. The van der Waals surface area contributed by atoms with Crippen LogP contribution in [0.1, 0.15) is 25.5 Å². The van der Waals surface area contributed by atoms with Crippen LogP contribution in [-0.4, -0.2) is 0 Å². The Morgan fingerprint density at radius 3 is 2.71 bits per heavy atom. The summed E-state index contributed by atoms with van der Waals surface area (Å²) in [5, 5.41) is 11.9. The lowest BCUT2D eigenvalue weighted by Gasteiger charge is -2.11. The molecule has 14 heavy (non-hydrogen) atoms. The van der Waals surface area contributed by atoms with Crippen molar-refractivity contribution >= 4 is 29.8 Å². The minimum atomic E-state index is 0. The van der Waals surface area contributed by atoms with E-state index in [0.717, 1.165) is 24.0 Å². The van der Waals surface area contributed by atoms with Crippen molar-refractivity contribution in [3.8, 4) is 0 Å². The first-order chi connectivity index (χ1) is 6.15. The number of hydrogen-bond donors (Lipinski definition) is 1. The molecule has 0 radical (unpaired) electrons. The summed E-state index contributed by atoms with van der Waals surface area (Å²) in [6.07, 6.45) is 2.75. The second kappa shape index (κ2) is 5.94. The van der Waals surface area contributed by atoms with E-state index >= 15 is 0 Å². The highest BCUT2D eigenvalue weighted by Crippen LogP contribution is 2.12. The van der Waals surface area contributed by atoms with Crippen molar-refractivity contribution < 1.29 is 4.73 Å². The molecule has 0 aliphatic rings. The Morgan fingerprint density at radius 2 is 2.14 bits per heavy atom. The second-order valence-corrected chi connectivity index (χ2v) is 3.42. The van der Waals surface area contributed by atoms with Crippen LogP contribution >= 0.6 is 24.0 Å². The van der Waals surface area contributed by atoms with E-state index in [0.29, 0.717) is 10.7 Å². The van der Waals surface area contributed by atoms with Crippen LogP contribution in [0.25, 0.3) is 0 Å². The molecular weight excluding hydrogens is 223 g/mol. The van der Waals surface area contributed by atoms with Gasteiger partial charge in [-0.1, -0.05) is 24.9 Å². The van der Waals surface area contributed by atoms with Crippen LogP contribution in [0.5, 0.6) is 0 Å². The van der Waals surface area contributed by atoms with Crippen LogP contribution in [0.4, 0.5) is 5.82 Å². The topological polar surface area (TPSA) is 53.0 Å². The number of nitrogens with zero attached hydrogens (tertiary/aromatic N) is 1. The molecule has 0 aromatic carbocycles. The maximum Gasteiger partial charge on any atom is 0.277 e. The Labute approximate surface area is 94.9 Å². The van der Waals surface area contributed by atoms with E-state index in [-0.39, 0.29) is 18.2 Å². The maximum absolute atomic E-state index is 11.4. The standard InChI is InChI=1S/C9H13ClN2O.ClH/c1-2-3-4-8-5-7(10)6-9(11)12(8)13;/h5-6H,2-4,11H2,1H3;1H. The van der Waals surface area contributed by atoms with Crippen molar-refractivity contribution in [3.63, 3.8) is 0 Å². The van der Waals surface area contributed by atoms with Gasteiger partial charge in [-0.2, -0.15) is 0 Å². The van der Waals surface area contributed by atoms with Gasteiger partial charge in [-0.25, -0.2) is 4.73 Å². The summed E-state index contributed by atoms with van der Waals surface area (Å²) < 4.78 is 0.738. The number of nitrogen functional groups attached to an aromatic ring is 1. The first kappa shape index (κ1) is 13.3. The van der Waals surface area contributed by atoms with E-state index in [2.05, 4.69) is 6.92 Å². The zero-order valence-electron chi connectivity index (χ0n) is 8.00. The third-order valence-electron chi connectivity index (χ3n) is 1.87. The zero-order valence-corrected chi connectivity index (χ0v) is 9.57. The van der Waals surface area contributed by atoms with Gasteiger partial charge in [0.25, 0.3) is 5.82 Å². The molecule has 0 saturated heterocycles. The Kier molecular flexibility index (Phi) is 5.65. The predicted molar refractivity (Wildman–Crippen MR) is 60.7 cm³/mol. The first-order valence-corrected chi connectivity index (χ1v) is 4.70. The third-order valence-corrected chi connectivity index (χ3v) is 2.09. The highest BCUT2D eigenvalue weighted by molar-refractivity contribution is 6.30. The monoisotopic (exact) mass is 236 g/mol. The molecule has 0 atom stereocenters. The number of aryl methyl sites for hydroxylation is 1. The van der Waals surface area contributed by atoms with Crippen LogP contribution in [0.2, 0.25) is 5.02 Å². The number of halogens is 2. The lowest BCUT2D eigenvalue weighted by molar-refractivity contribution is -0.598. The molecule has 0 aliphatic heterocycles. The van der Waals surface area contributed by atoms with E-state index < -0.39 is 0 Å². The molecule has 0 amide bonds. The number of aromatic nitrogens is 1. The number of pyridine rings is 1. The average Bonchev–Trinajstić information content (AvgIpc) is 2.09. The normalized spacial score (nSPS) is 9.57. The average molecular weight is 237 g/mol. The molecular formula is C9H14Cl2N2O. The van der Waals surface area contributed by atoms with E-state index in [1.807, 2.05) is 0 Å². The van der Waals surface area contributed by atoms with E-state index in [4.69, 9.17) is 17.3 Å². The SMILES string of the molecule is CCCCc1cc(Cl)cc(N)[n+]1[O-].Cl. The highest BCUT2D eigenvalue weighted by Gasteiger charge is 2.06. The summed E-state index contributed by atoms with van der Waals surface area (Å²) in [5.74, 6) is 0.165. The fourth-order valence-corrected chi connectivity index (χ4v) is 1.39. The van der Waals surface area contributed by atoms with Gasteiger partial charge in [0.15, 0.2) is 0 Å². The van der Waals surface area contributed by atoms with Crippen LogP contribution < -0.4 is 10.5 Å². The molecule has 0 fully saturated rings. The Balaban J connectivity index is 0.00000169. The van der Waals surface area contributed by atoms with Gasteiger partial charge in [0, 0.05) is 12.5 Å². The molecule has 2 N–H and O–H groups in total. The van der Waals surface area contributed by atoms with Gasteiger partial charge in [-0.15, -0.1) is 12.4 Å². The highest BCUT2D eigenvalue weighted by atomic mass is 35.5. The van der Waals surface area contributed by atoms with Crippen molar-refractivity contribution in [2.75, 3.05) is 5.73 Å². The summed E-state index contributed by atoms with van der Waals surface area (Å²) in [6, 6.07) is 3.13. The van der Waals surface area contributed by atoms with Gasteiger partial charge < -0.3 is 5.21 Å². The third kappa shape index (κ3) is 3.24. The molecule has 0 aliphatic carbocycles. The Bertz CT molecular complexity index is 305. The Morgan fingerprint density at radius 1 is 1.50 bits per heavy atom. The maximum atomic E-state index is 11.4. The summed E-state index contributed by atoms with van der Waals surface area (Å²) in [5.41, 5.74) is 6.10. The molecule has 0 unspecified atom stereocenters. The van der Waals surface area contributed by atoms with Crippen LogP contribution in [0.3, 0.4) is 0 Å². The minimum Gasteiger partial charge on any atom is -0.710 e. The lowest BCUT2D eigenvalue weighted by Crippen LogP contribution is -2.35. The van der Waals surface area contributed by atoms with Gasteiger partial charge in [-0.3, -0.25) is 5.73 Å². The van der Waals surface area contributed by atoms with Gasteiger partial charge in [-0.05, 0) is 12.5 Å². The van der Waals surface area contributed by atoms with Crippen LogP contribution in [-0.2, 0) is 6.42 Å². The molecule has 5 heteroatoms. The quantitative estimate of drug-likeness (QED) is 0.647. The fraction of sp³-hybridized carbons (Fsp3) is 0.444. The first-order valence-electron chi connectivity index (χ1n) is 4.32. The Hall–Kier alpha value is -0.670. The van der Waals surface area contributed by atoms with Gasteiger partial charge in [0.2, 0.25) is 0 Å². The minimum absolute atomic E-state index is 0. The summed E-state index contributed by atoms with van der Waals surface area (Å²) in [7, 11) is 0. The number of rotatable bonds is 3. The summed E-state index contributed by atoms with van der Waals surface area (Å²) >= 11 is 5.77. The zero-order chi connectivity index (χ0) is 9.84. The molecule has 80 valence electrons. The number of hydrogen-bond acceptors (Lipinski definition) is 2. The predicted octanol–water partition coefficient (Wildman–Crippen LogP) is 2.32. The van der Waals surface area contributed by atoms with Crippen molar-refractivity contribution in [2.45, 2.75) is 26.2 Å². The molecule has 3 nitrogen and oxygen atoms in total. The van der Waals surface area contributed by atoms with Crippen molar-refractivity contribution in [1.82, 2.24) is 0 Å². The molecule has 1 rings (SSSR count). The smallest absolute Gasteiger partial charge is 0.277 e. The molecule has 1 heterocycles. The largest absolute Gasteiger partial charge is 0.710 e. The van der Waals surface area contributed by atoms with Crippen molar-refractivity contribution in [1.29, 1.82) is 0 Å². The van der Waals surface area contributed by atoms with Gasteiger partial charge in [0.1, 0.15) is 5.69 Å². The molecule has 0 bridgehead atoms. The van der Waals surface area contributed by atoms with E-state index in [1.165, 1.54) is 6.07 Å². The number of nitrogens with two attached hydrogens (primary N) is 1. The second-order valence-electron chi connectivity index (χ2n) is 2.99. The van der Waals surface area contributed by atoms with E-state index in [1.54, 1.807) is 6.07 Å². The molecule has 0 spiro atoms. The lowest BCUT2D eigenvalue weighted by atomic mass is 10.2. The van der Waals surface area contributed by atoms with E-state index in [9.17, 15) is 5.21 Å². The number of anilines is 1. The van der Waals surface area contributed by atoms with Crippen molar-refractivity contribution in [2.24, 2.45) is 0 Å². The van der Waals surface area contributed by atoms with Gasteiger partial charge in [0.05, 0.1) is 5.02 Å². The molecule has 0 saturated carbocycles. The number of unbranched alkanes of at least 4 members (excludes halogenated alkanes) is 1. The van der Waals surface area contributed by atoms with Crippen LogP contribution in [0, 0.1) is 5.21 Å². The van der Waals surface area contributed by atoms with Crippen molar-refractivity contribution in [3.05, 3.63) is 28.1 Å². The molecule has 1 aromatic heterocycles. The molecule has 1 aromatic rings. The fourth-order valence-electron chi connectivity index (χ4n) is 1.16. The summed E-state index contributed by atoms with van der Waals surface area (Å²) in [4.78, 5) is 0. The van der Waals surface area contributed by atoms with Crippen LogP contribution in [0.15, 0.2) is 12.1 Å².